The van der Waals surface area contributed by atoms with Crippen LogP contribution in [-0.2, 0) is 4.79 Å². The second-order valence-corrected chi connectivity index (χ2v) is 7.10. The number of hydrogen-bond donors (Lipinski definition) is 2. The number of Topliss-reactive ketones (excluding diaryl/α,β-unsaturated/α-hetero) is 1. The van der Waals surface area contributed by atoms with Crippen LogP contribution in [0, 0.1) is 5.82 Å². The Morgan fingerprint density at radius 3 is 2.81 bits per heavy atom. The third-order valence-corrected chi connectivity index (χ3v) is 5.16. The zero-order valence-electron chi connectivity index (χ0n) is 16.6. The molecule has 1 aliphatic rings. The first-order chi connectivity index (χ1) is 15.0. The van der Waals surface area contributed by atoms with Gasteiger partial charge >= 0.3 is 5.97 Å². The Bertz CT molecular complexity index is 1210. The lowest BCUT2D eigenvalue weighted by Gasteiger charge is -2.12. The fourth-order valence-corrected chi connectivity index (χ4v) is 3.59. The normalized spacial score (nSPS) is 14.8. The molecule has 4 rings (SSSR count). The lowest BCUT2D eigenvalue weighted by atomic mass is 9.91. The fraction of sp³-hybridized carbons (Fsp3) is 0.125. The number of halogens is 1. The minimum absolute atomic E-state index is 0.0230. The molecule has 31 heavy (non-hydrogen) atoms. The van der Waals surface area contributed by atoms with Crippen molar-refractivity contribution in [3.05, 3.63) is 83.3 Å². The van der Waals surface area contributed by atoms with Gasteiger partial charge in [0.1, 0.15) is 17.4 Å². The number of anilines is 1. The molecule has 0 spiro atoms. The zero-order valence-corrected chi connectivity index (χ0v) is 16.6. The van der Waals surface area contributed by atoms with Gasteiger partial charge in [0.05, 0.1) is 18.6 Å². The maximum atomic E-state index is 14.3. The molecular formula is C24H19FN2O4. The minimum atomic E-state index is -1.03. The summed E-state index contributed by atoms with van der Waals surface area (Å²) in [5.74, 6) is -1.55. The summed E-state index contributed by atoms with van der Waals surface area (Å²) in [5, 5.41) is 11.9. The fourth-order valence-electron chi connectivity index (χ4n) is 3.59. The third kappa shape index (κ3) is 4.16. The number of carboxylic acid groups (broad SMARTS) is 1. The van der Waals surface area contributed by atoms with E-state index >= 15 is 0 Å². The maximum absolute atomic E-state index is 14.3. The Labute approximate surface area is 178 Å². The summed E-state index contributed by atoms with van der Waals surface area (Å²) in [6, 6.07) is 13.3. The van der Waals surface area contributed by atoms with Crippen LogP contribution in [0.3, 0.4) is 0 Å². The van der Waals surface area contributed by atoms with E-state index in [4.69, 9.17) is 9.84 Å². The van der Waals surface area contributed by atoms with Crippen molar-refractivity contribution in [2.24, 2.45) is 0 Å². The van der Waals surface area contributed by atoms with E-state index in [-0.39, 0.29) is 11.3 Å². The molecule has 2 heterocycles. The zero-order chi connectivity index (χ0) is 22.0. The van der Waals surface area contributed by atoms with E-state index in [9.17, 15) is 14.0 Å². The van der Waals surface area contributed by atoms with Gasteiger partial charge in [-0.2, -0.15) is 0 Å². The van der Waals surface area contributed by atoms with Gasteiger partial charge < -0.3 is 15.2 Å². The van der Waals surface area contributed by atoms with Crippen LogP contribution in [0.4, 0.5) is 10.2 Å². The Balaban J connectivity index is 1.68. The van der Waals surface area contributed by atoms with E-state index in [2.05, 4.69) is 10.3 Å². The average Bonchev–Trinajstić information content (AvgIpc) is 3.21. The number of aliphatic carboxylic acids is 1. The molecular weight excluding hydrogens is 399 g/mol. The number of nitrogens with one attached hydrogen (secondary N) is 1. The summed E-state index contributed by atoms with van der Waals surface area (Å²) >= 11 is 0. The van der Waals surface area contributed by atoms with Crippen LogP contribution in [0.15, 0.2) is 60.8 Å². The Kier molecular flexibility index (Phi) is 5.49. The van der Waals surface area contributed by atoms with Crippen molar-refractivity contribution in [2.75, 3.05) is 19.0 Å². The lowest BCUT2D eigenvalue weighted by molar-refractivity contribution is -0.131. The number of nitrogens with zero attached hydrogens (tertiary/aromatic N) is 1. The van der Waals surface area contributed by atoms with Crippen LogP contribution in [-0.4, -0.2) is 35.5 Å². The van der Waals surface area contributed by atoms with Crippen molar-refractivity contribution in [3.8, 4) is 16.9 Å². The molecule has 0 radical (unpaired) electrons. The summed E-state index contributed by atoms with van der Waals surface area (Å²) in [4.78, 5) is 28.3. The molecule has 1 aliphatic heterocycles. The second-order valence-electron chi connectivity index (χ2n) is 7.10. The van der Waals surface area contributed by atoms with Gasteiger partial charge in [-0.25, -0.2) is 14.2 Å². The topological polar surface area (TPSA) is 88.5 Å². The first-order valence-corrected chi connectivity index (χ1v) is 9.59. The van der Waals surface area contributed by atoms with Gasteiger partial charge in [-0.15, -0.1) is 0 Å². The van der Waals surface area contributed by atoms with Crippen LogP contribution in [0.25, 0.3) is 17.2 Å². The molecule has 0 fully saturated rings. The first kappa shape index (κ1) is 20.3. The number of ketones is 1. The number of fused-ring (bicyclic) bond motifs is 1. The summed E-state index contributed by atoms with van der Waals surface area (Å²) in [7, 11) is 1.46. The van der Waals surface area contributed by atoms with E-state index in [1.54, 1.807) is 12.3 Å². The average molecular weight is 418 g/mol. The van der Waals surface area contributed by atoms with E-state index in [0.29, 0.717) is 23.7 Å². The number of aromatic nitrogens is 1. The van der Waals surface area contributed by atoms with Crippen LogP contribution < -0.4 is 10.1 Å². The van der Waals surface area contributed by atoms with Crippen molar-refractivity contribution in [3.63, 3.8) is 0 Å². The molecule has 2 N–H and O–H groups in total. The highest BCUT2D eigenvalue weighted by Crippen LogP contribution is 2.36. The van der Waals surface area contributed by atoms with Crippen LogP contribution in [0.2, 0.25) is 0 Å². The third-order valence-electron chi connectivity index (χ3n) is 5.16. The highest BCUT2D eigenvalue weighted by molar-refractivity contribution is 6.03. The number of carbonyl (C=O) groups excluding carboxylic acids is 1. The molecule has 1 unspecified atom stereocenters. The summed E-state index contributed by atoms with van der Waals surface area (Å²) in [6.45, 7) is 0.322. The van der Waals surface area contributed by atoms with Gasteiger partial charge in [0.2, 0.25) is 0 Å². The number of benzene rings is 2. The van der Waals surface area contributed by atoms with Crippen molar-refractivity contribution in [1.29, 1.82) is 0 Å². The molecule has 7 heteroatoms. The van der Waals surface area contributed by atoms with Gasteiger partial charge in [0.15, 0.2) is 5.78 Å². The van der Waals surface area contributed by atoms with Crippen LogP contribution in [0.5, 0.6) is 5.75 Å². The number of ether oxygens (including phenoxy) is 1. The Hall–Kier alpha value is -4.00. The quantitative estimate of drug-likeness (QED) is 0.456. The molecule has 6 nitrogen and oxygen atoms in total. The maximum Gasteiger partial charge on any atom is 0.328 e. The lowest BCUT2D eigenvalue weighted by Crippen LogP contribution is -2.16. The van der Waals surface area contributed by atoms with E-state index in [1.807, 2.05) is 24.3 Å². The summed E-state index contributed by atoms with van der Waals surface area (Å²) < 4.78 is 19.5. The minimum Gasteiger partial charge on any atom is -0.497 e. The molecule has 0 aliphatic carbocycles. The molecule has 2 aromatic carbocycles. The number of carbonyl (C=O) groups is 2. The molecule has 3 aromatic rings. The van der Waals surface area contributed by atoms with Crippen molar-refractivity contribution < 1.29 is 23.8 Å². The summed E-state index contributed by atoms with van der Waals surface area (Å²) in [5.41, 5.74) is 3.00. The van der Waals surface area contributed by atoms with Crippen molar-refractivity contribution in [2.45, 2.75) is 5.92 Å². The largest absolute Gasteiger partial charge is 0.497 e. The first-order valence-electron chi connectivity index (χ1n) is 9.59. The van der Waals surface area contributed by atoms with Gasteiger partial charge in [0, 0.05) is 29.9 Å². The number of methoxy groups -OCH3 is 1. The molecule has 1 aromatic heterocycles. The monoisotopic (exact) mass is 418 g/mol. The number of pyridine rings is 1. The smallest absolute Gasteiger partial charge is 0.328 e. The molecule has 0 saturated carbocycles. The van der Waals surface area contributed by atoms with E-state index in [0.717, 1.165) is 22.8 Å². The van der Waals surface area contributed by atoms with Crippen molar-refractivity contribution >= 4 is 23.6 Å². The number of rotatable bonds is 6. The van der Waals surface area contributed by atoms with Gasteiger partial charge in [-0.05, 0) is 47.5 Å². The predicted molar refractivity (Wildman–Crippen MR) is 115 cm³/mol. The van der Waals surface area contributed by atoms with E-state index in [1.165, 1.54) is 31.4 Å². The van der Waals surface area contributed by atoms with Gasteiger partial charge in [-0.3, -0.25) is 4.79 Å². The molecule has 0 amide bonds. The Morgan fingerprint density at radius 2 is 2.03 bits per heavy atom. The summed E-state index contributed by atoms with van der Waals surface area (Å²) in [6.07, 6.45) is 4.26. The van der Waals surface area contributed by atoms with Gasteiger partial charge in [-0.1, -0.05) is 18.2 Å². The molecule has 1 atom stereocenters. The number of hydrogen-bond acceptors (Lipinski definition) is 5. The highest BCUT2D eigenvalue weighted by Gasteiger charge is 2.32. The van der Waals surface area contributed by atoms with Gasteiger partial charge in [0.25, 0.3) is 0 Å². The number of carboxylic acids is 1. The standard InChI is InChI=1S/C24H19FN2O4/c1-31-17-6-7-21(25)19(11-17)23(30)20-13-27-24-18(20)10-16(12-26-24)15-4-2-3-14(9-15)5-8-22(28)29/h2-12,20H,13H2,1H3,(H,26,27)(H,28,29)/b8-5+. The van der Waals surface area contributed by atoms with Crippen LogP contribution in [0.1, 0.15) is 27.4 Å². The highest BCUT2D eigenvalue weighted by atomic mass is 19.1. The van der Waals surface area contributed by atoms with Crippen molar-refractivity contribution in [1.82, 2.24) is 4.98 Å². The predicted octanol–water partition coefficient (Wildman–Crippen LogP) is 4.39. The van der Waals surface area contributed by atoms with Crippen LogP contribution >= 0.6 is 0 Å². The second kappa shape index (κ2) is 8.39. The Morgan fingerprint density at radius 1 is 1.19 bits per heavy atom. The van der Waals surface area contributed by atoms with E-state index < -0.39 is 17.7 Å². The molecule has 156 valence electrons. The SMILES string of the molecule is COc1ccc(F)c(C(=O)C2CNc3ncc(-c4cccc(/C=C/C(=O)O)c4)cc32)c1. The molecule has 0 bridgehead atoms. The molecule has 0 saturated heterocycles.